The van der Waals surface area contributed by atoms with E-state index in [2.05, 4.69) is 21.0 Å². The first kappa shape index (κ1) is 22.6. The van der Waals surface area contributed by atoms with E-state index in [0.29, 0.717) is 11.4 Å². The average molecular weight is 468 g/mol. The van der Waals surface area contributed by atoms with E-state index < -0.39 is 17.6 Å². The number of carbonyl (C=O) groups is 2. The first-order chi connectivity index (χ1) is 16.3. The fraction of sp³-hybridized carbons (Fsp3) is 0.0870. The Labute approximate surface area is 192 Å². The van der Waals surface area contributed by atoms with Crippen LogP contribution in [0.25, 0.3) is 11.5 Å². The van der Waals surface area contributed by atoms with Crippen LogP contribution >= 0.6 is 0 Å². The molecule has 4 rings (SSSR count). The molecule has 0 bridgehead atoms. The van der Waals surface area contributed by atoms with Crippen molar-refractivity contribution in [2.75, 3.05) is 17.7 Å². The number of benzene rings is 2. The van der Waals surface area contributed by atoms with Crippen molar-refractivity contribution in [1.29, 1.82) is 0 Å². The van der Waals surface area contributed by atoms with E-state index in [4.69, 9.17) is 0 Å². The highest BCUT2D eigenvalue weighted by molar-refractivity contribution is 6.06. The summed E-state index contributed by atoms with van der Waals surface area (Å²) in [5.41, 5.74) is 0.472. The molecule has 0 aliphatic rings. The molecule has 0 atom stereocenters. The highest BCUT2D eigenvalue weighted by Gasteiger charge is 2.31. The summed E-state index contributed by atoms with van der Waals surface area (Å²) in [6, 6.07) is 14.2. The van der Waals surface area contributed by atoms with Gasteiger partial charge in [-0.2, -0.15) is 18.3 Å². The van der Waals surface area contributed by atoms with E-state index in [1.54, 1.807) is 53.4 Å². The van der Waals surface area contributed by atoms with Gasteiger partial charge in [0.25, 0.3) is 5.91 Å². The van der Waals surface area contributed by atoms with Crippen LogP contribution in [0.1, 0.15) is 15.9 Å². The lowest BCUT2D eigenvalue weighted by atomic mass is 10.2. The minimum Gasteiger partial charge on any atom is -0.341 e. The Morgan fingerprint density at radius 3 is 2.18 bits per heavy atom. The summed E-state index contributed by atoms with van der Waals surface area (Å²) in [4.78, 5) is 24.5. The lowest BCUT2D eigenvalue weighted by Crippen LogP contribution is -2.24. The predicted molar refractivity (Wildman–Crippen MR) is 120 cm³/mol. The van der Waals surface area contributed by atoms with Gasteiger partial charge in [-0.05, 0) is 54.6 Å². The molecule has 34 heavy (non-hydrogen) atoms. The summed E-state index contributed by atoms with van der Waals surface area (Å²) >= 11 is 0. The maximum absolute atomic E-state index is 13.2. The smallest absolute Gasteiger partial charge is 0.341 e. The fourth-order valence-corrected chi connectivity index (χ4v) is 3.26. The van der Waals surface area contributed by atoms with E-state index in [9.17, 15) is 22.8 Å². The van der Waals surface area contributed by atoms with Crippen molar-refractivity contribution in [2.24, 2.45) is 0 Å². The van der Waals surface area contributed by atoms with Crippen molar-refractivity contribution in [3.05, 3.63) is 90.4 Å². The van der Waals surface area contributed by atoms with Crippen molar-refractivity contribution < 1.29 is 22.8 Å². The maximum atomic E-state index is 13.2. The summed E-state index contributed by atoms with van der Waals surface area (Å²) in [7, 11) is 1.49. The molecule has 3 N–H and O–H groups in total. The number of amides is 3. The molecule has 0 spiro atoms. The number of nitrogens with one attached hydrogen (secondary N) is 3. The molecule has 0 fully saturated rings. The number of hydrogen-bond acceptors (Lipinski definition) is 3. The van der Waals surface area contributed by atoms with Gasteiger partial charge in [-0.25, -0.2) is 9.48 Å². The molecule has 2 aromatic carbocycles. The van der Waals surface area contributed by atoms with Crippen LogP contribution in [-0.4, -0.2) is 33.3 Å². The van der Waals surface area contributed by atoms with Crippen LogP contribution < -0.4 is 16.0 Å². The molecule has 0 aliphatic heterocycles. The first-order valence-electron chi connectivity index (χ1n) is 10.1. The van der Waals surface area contributed by atoms with Crippen LogP contribution in [0.3, 0.4) is 0 Å². The largest absolute Gasteiger partial charge is 0.416 e. The van der Waals surface area contributed by atoms with Crippen molar-refractivity contribution in [3.63, 3.8) is 0 Å². The van der Waals surface area contributed by atoms with E-state index in [-0.39, 0.29) is 23.1 Å². The number of anilines is 2. The van der Waals surface area contributed by atoms with Crippen molar-refractivity contribution in [3.8, 4) is 11.5 Å². The molecule has 11 heteroatoms. The van der Waals surface area contributed by atoms with Crippen LogP contribution in [0.2, 0.25) is 0 Å². The number of nitrogens with zero attached hydrogens (tertiary/aromatic N) is 3. The first-order valence-corrected chi connectivity index (χ1v) is 10.1. The Hall–Kier alpha value is -4.54. The minimum atomic E-state index is -4.52. The van der Waals surface area contributed by atoms with Crippen molar-refractivity contribution in [1.82, 2.24) is 19.7 Å². The van der Waals surface area contributed by atoms with Gasteiger partial charge in [-0.1, -0.05) is 6.07 Å². The topological polar surface area (TPSA) is 93.0 Å². The third-order valence-electron chi connectivity index (χ3n) is 4.88. The molecule has 8 nitrogen and oxygen atoms in total. The number of urea groups is 1. The normalized spacial score (nSPS) is 11.2. The quantitative estimate of drug-likeness (QED) is 0.397. The van der Waals surface area contributed by atoms with Crippen molar-refractivity contribution >= 4 is 23.3 Å². The van der Waals surface area contributed by atoms with Gasteiger partial charge < -0.3 is 20.5 Å². The molecular formula is C23H19F3N6O2. The predicted octanol–water partition coefficient (Wildman–Crippen LogP) is 4.69. The fourth-order valence-electron chi connectivity index (χ4n) is 3.26. The van der Waals surface area contributed by atoms with Gasteiger partial charge in [0.05, 0.1) is 17.4 Å². The van der Waals surface area contributed by atoms with Crippen molar-refractivity contribution in [2.45, 2.75) is 6.18 Å². The van der Waals surface area contributed by atoms with Gasteiger partial charge in [-0.15, -0.1) is 0 Å². The van der Waals surface area contributed by atoms with Gasteiger partial charge in [0.15, 0.2) is 5.82 Å². The monoisotopic (exact) mass is 468 g/mol. The van der Waals surface area contributed by atoms with Gasteiger partial charge in [-0.3, -0.25) is 4.79 Å². The number of hydrogen-bond donors (Lipinski definition) is 3. The second-order valence-electron chi connectivity index (χ2n) is 7.17. The molecule has 2 aromatic heterocycles. The van der Waals surface area contributed by atoms with Crippen LogP contribution in [0.15, 0.2) is 79.3 Å². The van der Waals surface area contributed by atoms with Crippen LogP contribution in [-0.2, 0) is 6.18 Å². The van der Waals surface area contributed by atoms with E-state index in [1.807, 2.05) is 0 Å². The van der Waals surface area contributed by atoms with E-state index >= 15 is 0 Å². The molecule has 4 aromatic rings. The number of rotatable bonds is 5. The third kappa shape index (κ3) is 4.77. The Bertz CT molecular complexity index is 1310. The number of carbonyl (C=O) groups excluding carboxylic acids is 2. The number of alkyl halides is 3. The molecular weight excluding hydrogens is 449 g/mol. The number of halogens is 3. The Kier molecular flexibility index (Phi) is 6.09. The Balaban J connectivity index is 1.66. The highest BCUT2D eigenvalue weighted by atomic mass is 19.4. The van der Waals surface area contributed by atoms with Crippen LogP contribution in [0, 0.1) is 0 Å². The highest BCUT2D eigenvalue weighted by Crippen LogP contribution is 2.31. The van der Waals surface area contributed by atoms with Gasteiger partial charge in [0.1, 0.15) is 5.56 Å². The Morgan fingerprint density at radius 1 is 0.912 bits per heavy atom. The molecule has 0 radical (unpaired) electrons. The molecule has 3 amide bonds. The van der Waals surface area contributed by atoms with Gasteiger partial charge >= 0.3 is 12.2 Å². The SMILES string of the molecule is CNC(=O)Nc1ccc(NC(=O)c2cnn(-c3cccc(C(F)(F)F)c3)c2-n2cccc2)cc1. The van der Waals surface area contributed by atoms with Crippen LogP contribution in [0.4, 0.5) is 29.3 Å². The second kappa shape index (κ2) is 9.14. The number of aromatic nitrogens is 3. The third-order valence-corrected chi connectivity index (χ3v) is 4.88. The zero-order chi connectivity index (χ0) is 24.3. The zero-order valence-electron chi connectivity index (χ0n) is 17.8. The molecule has 0 unspecified atom stereocenters. The summed E-state index contributed by atoms with van der Waals surface area (Å²) in [5.74, 6) is -0.228. The van der Waals surface area contributed by atoms with E-state index in [1.165, 1.54) is 30.1 Å². The summed E-state index contributed by atoms with van der Waals surface area (Å²) in [5, 5.41) is 12.0. The molecule has 0 saturated heterocycles. The van der Waals surface area contributed by atoms with E-state index in [0.717, 1.165) is 12.1 Å². The molecule has 0 aliphatic carbocycles. The zero-order valence-corrected chi connectivity index (χ0v) is 17.8. The van der Waals surface area contributed by atoms with Gasteiger partial charge in [0.2, 0.25) is 0 Å². The van der Waals surface area contributed by atoms with Crippen LogP contribution in [0.5, 0.6) is 0 Å². The standard InChI is InChI=1S/C23H19F3N6O2/c1-27-22(34)30-17-9-7-16(8-10-17)29-20(33)19-14-28-32(21(19)31-11-2-3-12-31)18-6-4-5-15(13-18)23(24,25)26/h2-14H,1H3,(H,29,33)(H2,27,30,34). The lowest BCUT2D eigenvalue weighted by molar-refractivity contribution is -0.137. The lowest BCUT2D eigenvalue weighted by Gasteiger charge is -2.13. The second-order valence-corrected chi connectivity index (χ2v) is 7.17. The summed E-state index contributed by atoms with van der Waals surface area (Å²) in [6.45, 7) is 0. The minimum absolute atomic E-state index is 0.154. The summed E-state index contributed by atoms with van der Waals surface area (Å²) < 4.78 is 42.6. The maximum Gasteiger partial charge on any atom is 0.416 e. The summed E-state index contributed by atoms with van der Waals surface area (Å²) in [6.07, 6.45) is 0.108. The molecule has 2 heterocycles. The molecule has 174 valence electrons. The Morgan fingerprint density at radius 2 is 1.56 bits per heavy atom. The molecule has 0 saturated carbocycles. The average Bonchev–Trinajstić information content (AvgIpc) is 3.49. The van der Waals surface area contributed by atoms with Gasteiger partial charge in [0, 0.05) is 30.8 Å².